The van der Waals surface area contributed by atoms with Gasteiger partial charge in [0.25, 0.3) is 5.91 Å². The summed E-state index contributed by atoms with van der Waals surface area (Å²) in [6.45, 7) is 0.586. The number of aromatic nitrogens is 3. The number of imidazole rings is 1. The molecule has 1 fully saturated rings. The van der Waals surface area contributed by atoms with Gasteiger partial charge in [0.05, 0.1) is 24.7 Å². The Kier molecular flexibility index (Phi) is 5.32. The van der Waals surface area contributed by atoms with Crippen LogP contribution in [0.15, 0.2) is 30.5 Å². The molecule has 2 amide bonds. The minimum Gasteiger partial charge on any atom is -0.495 e. The van der Waals surface area contributed by atoms with Gasteiger partial charge in [-0.2, -0.15) is 0 Å². The maximum absolute atomic E-state index is 13.7. The average molecular weight is 427 g/mol. The van der Waals surface area contributed by atoms with Gasteiger partial charge in [-0.05, 0) is 18.6 Å². The lowest BCUT2D eigenvalue weighted by Crippen LogP contribution is -2.41. The minimum atomic E-state index is -0.579. The van der Waals surface area contributed by atoms with Gasteiger partial charge in [0, 0.05) is 32.8 Å². The second-order valence-corrected chi connectivity index (χ2v) is 7.12. The van der Waals surface area contributed by atoms with Crippen LogP contribution >= 0.6 is 0 Å². The molecule has 1 saturated heterocycles. The third-order valence-electron chi connectivity index (χ3n) is 5.13. The molecule has 1 aromatic carbocycles. The van der Waals surface area contributed by atoms with Gasteiger partial charge in [-0.3, -0.25) is 9.59 Å². The molecule has 1 atom stereocenters. The molecule has 0 aliphatic carbocycles. The number of ether oxygens (including phenoxy) is 1. The average Bonchev–Trinajstić information content (AvgIpc) is 3.32. The first-order chi connectivity index (χ1) is 14.9. The smallest absolute Gasteiger partial charge is 0.272 e. The fourth-order valence-corrected chi connectivity index (χ4v) is 3.47. The summed E-state index contributed by atoms with van der Waals surface area (Å²) in [5.41, 5.74) is 1.58. The van der Waals surface area contributed by atoms with E-state index in [1.807, 2.05) is 0 Å². The predicted molar refractivity (Wildman–Crippen MR) is 112 cm³/mol. The molecule has 0 bridgehead atoms. The van der Waals surface area contributed by atoms with Crippen molar-refractivity contribution in [2.45, 2.75) is 12.5 Å². The first-order valence-electron chi connectivity index (χ1n) is 9.64. The Labute approximate surface area is 177 Å². The van der Waals surface area contributed by atoms with Gasteiger partial charge in [0.2, 0.25) is 5.91 Å². The summed E-state index contributed by atoms with van der Waals surface area (Å²) in [6, 6.07) is 5.18. The lowest BCUT2D eigenvalue weighted by molar-refractivity contribution is -0.128. The van der Waals surface area contributed by atoms with E-state index in [-0.39, 0.29) is 11.6 Å². The normalized spacial score (nSPS) is 15.9. The molecule has 1 aliphatic heterocycles. The van der Waals surface area contributed by atoms with Crippen molar-refractivity contribution < 1.29 is 18.7 Å². The third-order valence-corrected chi connectivity index (χ3v) is 5.13. The van der Waals surface area contributed by atoms with E-state index in [9.17, 15) is 14.0 Å². The number of fused-ring (bicyclic) bond motifs is 1. The van der Waals surface area contributed by atoms with Crippen LogP contribution in [0.5, 0.6) is 5.75 Å². The number of carbonyl (C=O) groups is 2. The first kappa shape index (κ1) is 20.4. The summed E-state index contributed by atoms with van der Waals surface area (Å²) < 4.78 is 20.4. The van der Waals surface area contributed by atoms with Gasteiger partial charge in [-0.15, -0.1) is 5.10 Å². The number of anilines is 3. The summed E-state index contributed by atoms with van der Waals surface area (Å²) in [5.74, 6) is -0.263. The molecule has 3 aromatic rings. The van der Waals surface area contributed by atoms with E-state index in [0.29, 0.717) is 41.6 Å². The molecule has 11 heteroatoms. The molecule has 0 spiro atoms. The number of amides is 2. The van der Waals surface area contributed by atoms with Gasteiger partial charge in [0.15, 0.2) is 17.2 Å². The molecule has 1 aliphatic rings. The van der Waals surface area contributed by atoms with E-state index < -0.39 is 17.8 Å². The van der Waals surface area contributed by atoms with Crippen molar-refractivity contribution in [2.75, 3.05) is 38.4 Å². The zero-order valence-electron chi connectivity index (χ0n) is 17.3. The van der Waals surface area contributed by atoms with Crippen molar-refractivity contribution >= 4 is 34.7 Å². The molecule has 162 valence electrons. The highest BCUT2D eigenvalue weighted by molar-refractivity contribution is 5.97. The number of carbonyl (C=O) groups excluding carboxylic acids is 2. The van der Waals surface area contributed by atoms with Gasteiger partial charge < -0.3 is 25.6 Å². The molecule has 0 unspecified atom stereocenters. The van der Waals surface area contributed by atoms with Crippen LogP contribution in [0.3, 0.4) is 0 Å². The summed E-state index contributed by atoms with van der Waals surface area (Å²) >= 11 is 0. The summed E-state index contributed by atoms with van der Waals surface area (Å²) in [6.07, 6.45) is 1.94. The summed E-state index contributed by atoms with van der Waals surface area (Å²) in [5, 5.41) is 13.2. The Morgan fingerprint density at radius 2 is 2.10 bits per heavy atom. The Morgan fingerprint density at radius 3 is 2.77 bits per heavy atom. The molecular formula is C20H22FN7O3. The number of likely N-dealkylation sites (tertiary alicyclic amines) is 1. The number of nitrogens with zero attached hydrogens (tertiary/aromatic N) is 4. The van der Waals surface area contributed by atoms with Crippen molar-refractivity contribution in [3.8, 4) is 5.75 Å². The van der Waals surface area contributed by atoms with Crippen molar-refractivity contribution in [3.63, 3.8) is 0 Å². The molecule has 4 rings (SSSR count). The van der Waals surface area contributed by atoms with E-state index >= 15 is 0 Å². The summed E-state index contributed by atoms with van der Waals surface area (Å²) in [7, 11) is 4.89. The van der Waals surface area contributed by atoms with Crippen molar-refractivity contribution in [2.24, 2.45) is 0 Å². The Hall–Kier alpha value is -3.89. The molecule has 10 nitrogen and oxygen atoms in total. The molecule has 0 radical (unpaired) electrons. The van der Waals surface area contributed by atoms with E-state index in [1.54, 1.807) is 25.1 Å². The van der Waals surface area contributed by atoms with Crippen LogP contribution in [0, 0.1) is 5.82 Å². The predicted octanol–water partition coefficient (Wildman–Crippen LogP) is 1.62. The number of rotatable bonds is 6. The second kappa shape index (κ2) is 8.09. The maximum Gasteiger partial charge on any atom is 0.272 e. The monoisotopic (exact) mass is 427 g/mol. The van der Waals surface area contributed by atoms with Crippen LogP contribution in [-0.4, -0.2) is 65.1 Å². The fourth-order valence-electron chi connectivity index (χ4n) is 3.47. The molecule has 0 saturated carbocycles. The van der Waals surface area contributed by atoms with E-state index in [1.165, 1.54) is 36.0 Å². The number of benzene rings is 1. The molecular weight excluding hydrogens is 405 g/mol. The van der Waals surface area contributed by atoms with E-state index in [2.05, 4.69) is 26.0 Å². The number of methoxy groups -OCH3 is 1. The van der Waals surface area contributed by atoms with E-state index in [0.717, 1.165) is 0 Å². The SMILES string of the molecule is CNc1cc(Nc2cc(F)ccc2OC)nn2c(C(=O)N[C@@H]3CCN(C)C3=O)cnc12. The van der Waals surface area contributed by atoms with Crippen LogP contribution in [-0.2, 0) is 4.79 Å². The van der Waals surface area contributed by atoms with Crippen molar-refractivity contribution in [1.29, 1.82) is 0 Å². The van der Waals surface area contributed by atoms with Gasteiger partial charge in [-0.1, -0.05) is 0 Å². The third kappa shape index (κ3) is 3.81. The Bertz CT molecular complexity index is 1160. The quantitative estimate of drug-likeness (QED) is 0.548. The minimum absolute atomic E-state index is 0.133. The molecule has 3 heterocycles. The van der Waals surface area contributed by atoms with Crippen LogP contribution in [0.4, 0.5) is 21.6 Å². The van der Waals surface area contributed by atoms with Crippen LogP contribution < -0.4 is 20.7 Å². The largest absolute Gasteiger partial charge is 0.495 e. The lowest BCUT2D eigenvalue weighted by Gasteiger charge is -2.14. The van der Waals surface area contributed by atoms with Crippen molar-refractivity contribution in [1.82, 2.24) is 24.8 Å². The second-order valence-electron chi connectivity index (χ2n) is 7.12. The number of hydrogen-bond acceptors (Lipinski definition) is 7. The number of hydrogen-bond donors (Lipinski definition) is 3. The number of nitrogens with one attached hydrogen (secondary N) is 3. The highest BCUT2D eigenvalue weighted by atomic mass is 19.1. The zero-order valence-corrected chi connectivity index (χ0v) is 17.3. The zero-order chi connectivity index (χ0) is 22.1. The van der Waals surface area contributed by atoms with Crippen LogP contribution in [0.25, 0.3) is 5.65 Å². The highest BCUT2D eigenvalue weighted by Crippen LogP contribution is 2.29. The van der Waals surface area contributed by atoms with Crippen molar-refractivity contribution in [3.05, 3.63) is 42.0 Å². The standard InChI is InChI=1S/C20H22FN7O3/c1-22-14-9-17(24-13-8-11(21)4-5-16(13)31-3)26-28-15(10-23-18(14)28)19(29)25-12-6-7-27(2)20(12)30/h4-5,8-10,12,22H,6-7H2,1-3H3,(H,24,26)(H,25,29)/t12-/m1/s1. The highest BCUT2D eigenvalue weighted by Gasteiger charge is 2.31. The molecule has 31 heavy (non-hydrogen) atoms. The van der Waals surface area contributed by atoms with Crippen LogP contribution in [0.1, 0.15) is 16.9 Å². The Morgan fingerprint density at radius 1 is 1.29 bits per heavy atom. The molecule has 2 aromatic heterocycles. The van der Waals surface area contributed by atoms with E-state index in [4.69, 9.17) is 4.74 Å². The Balaban J connectivity index is 1.69. The summed E-state index contributed by atoms with van der Waals surface area (Å²) in [4.78, 5) is 30.8. The molecule has 3 N–H and O–H groups in total. The topological polar surface area (TPSA) is 113 Å². The number of likely N-dealkylation sites (N-methyl/N-ethyl adjacent to an activating group) is 1. The number of halogens is 1. The van der Waals surface area contributed by atoms with Gasteiger partial charge in [0.1, 0.15) is 17.6 Å². The van der Waals surface area contributed by atoms with Gasteiger partial charge in [-0.25, -0.2) is 13.9 Å². The first-order valence-corrected chi connectivity index (χ1v) is 9.64. The fraction of sp³-hybridized carbons (Fsp3) is 0.300. The van der Waals surface area contributed by atoms with Gasteiger partial charge >= 0.3 is 0 Å². The maximum atomic E-state index is 13.7. The van der Waals surface area contributed by atoms with Crippen LogP contribution in [0.2, 0.25) is 0 Å². The lowest BCUT2D eigenvalue weighted by atomic mass is 10.2.